The van der Waals surface area contributed by atoms with E-state index in [9.17, 15) is 9.90 Å². The van der Waals surface area contributed by atoms with Gasteiger partial charge in [-0.1, -0.05) is 6.58 Å². The molecule has 0 aromatic rings. The third-order valence-corrected chi connectivity index (χ3v) is 6.39. The minimum absolute atomic E-state index is 0.0250. The zero-order valence-electron chi connectivity index (χ0n) is 11.6. The summed E-state index contributed by atoms with van der Waals surface area (Å²) in [6, 6.07) is 0. The topological polar surface area (TPSA) is 71.6 Å². The van der Waals surface area contributed by atoms with E-state index in [1.165, 1.54) is 0 Å². The molecule has 0 radical (unpaired) electrons. The summed E-state index contributed by atoms with van der Waals surface area (Å²) in [6.07, 6.45) is 1.01. The number of rotatable bonds is 0. The van der Waals surface area contributed by atoms with E-state index in [0.717, 1.165) is 0 Å². The Morgan fingerprint density at radius 1 is 1.30 bits per heavy atom. The summed E-state index contributed by atoms with van der Waals surface area (Å²) in [5.41, 5.74) is -1.30. The highest BCUT2D eigenvalue weighted by atomic mass is 16.7. The fourth-order valence-electron chi connectivity index (χ4n) is 5.23. The molecule has 3 aliphatic heterocycles. The van der Waals surface area contributed by atoms with Crippen LogP contribution in [0.2, 0.25) is 0 Å². The number of hydrogen-bond donors (Lipinski definition) is 1. The summed E-state index contributed by atoms with van der Waals surface area (Å²) in [4.78, 5) is 11.9. The zero-order valence-corrected chi connectivity index (χ0v) is 11.6. The highest BCUT2D eigenvalue weighted by Crippen LogP contribution is 2.75. The van der Waals surface area contributed by atoms with Gasteiger partial charge in [0.05, 0.1) is 11.5 Å². The van der Waals surface area contributed by atoms with Crippen LogP contribution in [-0.2, 0) is 19.0 Å². The molecule has 5 fully saturated rings. The quantitative estimate of drug-likeness (QED) is 0.398. The van der Waals surface area contributed by atoms with E-state index in [0.29, 0.717) is 18.4 Å². The first-order chi connectivity index (χ1) is 9.33. The number of epoxide rings is 2. The fraction of sp³-hybridized carbons (Fsp3) is 0.800. The number of fused-ring (bicyclic) bond motifs is 5. The number of hydrogen-bond acceptors (Lipinski definition) is 5. The minimum atomic E-state index is -0.904. The maximum Gasteiger partial charge on any atom is 0.334 e. The van der Waals surface area contributed by atoms with Gasteiger partial charge in [0.25, 0.3) is 0 Å². The van der Waals surface area contributed by atoms with E-state index in [2.05, 4.69) is 6.58 Å². The number of ether oxygens (including phenoxy) is 3. The monoisotopic (exact) mass is 278 g/mol. The molecule has 0 bridgehead atoms. The lowest BCUT2D eigenvalue weighted by Crippen LogP contribution is -2.53. The number of carbonyl (C=O) groups excluding carboxylic acids is 1. The second-order valence-electron chi connectivity index (χ2n) is 7.35. The standard InChI is InChI=1S/C15H18O5/c1-6-7-4-5-13(2,17)15-9(8(7)18-12(6)16)14(3)10(19-14)11(15)20-15/h7-11,17H,1,4-5H2,2-3H3/t7-,8-,9-,10+,11-,13-,14-,15+/m0/s1. The largest absolute Gasteiger partial charge is 0.458 e. The third-order valence-electron chi connectivity index (χ3n) is 6.39. The normalized spacial score (nSPS) is 65.7. The minimum Gasteiger partial charge on any atom is -0.458 e. The van der Waals surface area contributed by atoms with Crippen molar-refractivity contribution in [2.75, 3.05) is 0 Å². The van der Waals surface area contributed by atoms with Gasteiger partial charge in [-0.2, -0.15) is 0 Å². The molecule has 0 aromatic carbocycles. The van der Waals surface area contributed by atoms with Crippen LogP contribution in [-0.4, -0.2) is 46.2 Å². The Morgan fingerprint density at radius 2 is 2.05 bits per heavy atom. The number of aliphatic hydroxyl groups is 1. The molecule has 8 atom stereocenters. The van der Waals surface area contributed by atoms with Crippen LogP contribution in [0.15, 0.2) is 12.2 Å². The van der Waals surface area contributed by atoms with Crippen molar-refractivity contribution in [3.05, 3.63) is 12.2 Å². The van der Waals surface area contributed by atoms with Gasteiger partial charge in [0.2, 0.25) is 0 Å². The first-order valence-corrected chi connectivity index (χ1v) is 7.31. The smallest absolute Gasteiger partial charge is 0.334 e. The van der Waals surface area contributed by atoms with Crippen molar-refractivity contribution < 1.29 is 24.1 Å². The average molecular weight is 278 g/mol. The molecule has 3 saturated heterocycles. The van der Waals surface area contributed by atoms with E-state index in [1.54, 1.807) is 0 Å². The Hall–Kier alpha value is -0.910. The zero-order chi connectivity index (χ0) is 14.1. The maximum atomic E-state index is 11.9. The highest BCUT2D eigenvalue weighted by Gasteiger charge is 2.92. The van der Waals surface area contributed by atoms with Crippen LogP contribution in [0.1, 0.15) is 26.7 Å². The molecule has 5 rings (SSSR count). The van der Waals surface area contributed by atoms with Crippen LogP contribution < -0.4 is 0 Å². The molecule has 2 aliphatic carbocycles. The molecule has 1 N–H and O–H groups in total. The summed E-state index contributed by atoms with van der Waals surface area (Å²) < 4.78 is 17.4. The second-order valence-corrected chi connectivity index (χ2v) is 7.35. The van der Waals surface area contributed by atoms with Gasteiger partial charge in [0.1, 0.15) is 29.5 Å². The van der Waals surface area contributed by atoms with Crippen molar-refractivity contribution >= 4 is 5.97 Å². The highest BCUT2D eigenvalue weighted by molar-refractivity contribution is 5.91. The average Bonchev–Trinajstić information content (AvgIpc) is 3.21. The predicted molar refractivity (Wildman–Crippen MR) is 66.7 cm³/mol. The summed E-state index contributed by atoms with van der Waals surface area (Å²) in [5.74, 6) is -0.430. The van der Waals surface area contributed by atoms with Crippen molar-refractivity contribution in [3.8, 4) is 0 Å². The van der Waals surface area contributed by atoms with Gasteiger partial charge in [-0.05, 0) is 26.7 Å². The summed E-state index contributed by atoms with van der Waals surface area (Å²) in [6.45, 7) is 7.78. The molecule has 5 heteroatoms. The van der Waals surface area contributed by atoms with Gasteiger partial charge >= 0.3 is 5.97 Å². The van der Waals surface area contributed by atoms with Crippen molar-refractivity contribution in [1.82, 2.24) is 0 Å². The molecule has 3 heterocycles. The SMILES string of the molecule is C=C1C(=O)O[C@H]2[C@H]1CC[C@](C)(O)[C@]13O[C@H]1[C@H]1O[C@@]1(C)[C@H]23. The first-order valence-electron chi connectivity index (χ1n) is 7.31. The molecule has 5 aliphatic rings. The van der Waals surface area contributed by atoms with E-state index < -0.39 is 11.2 Å². The first kappa shape index (κ1) is 11.7. The van der Waals surface area contributed by atoms with Gasteiger partial charge < -0.3 is 19.3 Å². The second kappa shape index (κ2) is 2.85. The Labute approximate surface area is 116 Å². The Bertz CT molecular complexity index is 569. The molecule has 2 saturated carbocycles. The van der Waals surface area contributed by atoms with E-state index >= 15 is 0 Å². The van der Waals surface area contributed by atoms with Crippen LogP contribution in [0.5, 0.6) is 0 Å². The summed E-state index contributed by atoms with van der Waals surface area (Å²) >= 11 is 0. The van der Waals surface area contributed by atoms with Crippen LogP contribution in [0.3, 0.4) is 0 Å². The van der Waals surface area contributed by atoms with E-state index in [-0.39, 0.29) is 41.7 Å². The molecule has 108 valence electrons. The van der Waals surface area contributed by atoms with Crippen molar-refractivity contribution in [2.24, 2.45) is 11.8 Å². The Kier molecular flexibility index (Phi) is 1.67. The Balaban J connectivity index is 1.67. The molecular weight excluding hydrogens is 260 g/mol. The van der Waals surface area contributed by atoms with E-state index in [4.69, 9.17) is 14.2 Å². The van der Waals surface area contributed by atoms with Gasteiger partial charge in [-0.3, -0.25) is 0 Å². The van der Waals surface area contributed by atoms with Crippen molar-refractivity contribution in [3.63, 3.8) is 0 Å². The van der Waals surface area contributed by atoms with Gasteiger partial charge in [-0.25, -0.2) is 4.79 Å². The molecule has 0 aromatic heterocycles. The lowest BCUT2D eigenvalue weighted by Gasteiger charge is -2.36. The molecule has 20 heavy (non-hydrogen) atoms. The molecule has 5 nitrogen and oxygen atoms in total. The summed E-state index contributed by atoms with van der Waals surface area (Å²) in [7, 11) is 0. The number of carbonyl (C=O) groups is 1. The van der Waals surface area contributed by atoms with Crippen molar-refractivity contribution in [1.29, 1.82) is 0 Å². The lowest BCUT2D eigenvalue weighted by atomic mass is 9.74. The number of esters is 1. The van der Waals surface area contributed by atoms with Gasteiger partial charge in [0, 0.05) is 11.5 Å². The van der Waals surface area contributed by atoms with E-state index in [1.807, 2.05) is 13.8 Å². The van der Waals surface area contributed by atoms with Crippen LogP contribution in [0.4, 0.5) is 0 Å². The Morgan fingerprint density at radius 3 is 2.80 bits per heavy atom. The third kappa shape index (κ3) is 0.954. The van der Waals surface area contributed by atoms with Crippen LogP contribution in [0, 0.1) is 11.8 Å². The van der Waals surface area contributed by atoms with Gasteiger partial charge in [0.15, 0.2) is 0 Å². The maximum absolute atomic E-state index is 11.9. The van der Waals surface area contributed by atoms with Gasteiger partial charge in [-0.15, -0.1) is 0 Å². The van der Waals surface area contributed by atoms with Crippen LogP contribution in [0.25, 0.3) is 0 Å². The summed E-state index contributed by atoms with van der Waals surface area (Å²) in [5, 5.41) is 10.9. The lowest BCUT2D eigenvalue weighted by molar-refractivity contribution is -0.147. The molecule has 0 amide bonds. The predicted octanol–water partition coefficient (Wildman–Crippen LogP) is 0.554. The molecule has 0 unspecified atom stereocenters. The molecule has 1 spiro atoms. The van der Waals surface area contributed by atoms with Crippen molar-refractivity contribution in [2.45, 2.75) is 61.8 Å². The molecular formula is C15H18O5. The van der Waals surface area contributed by atoms with Crippen LogP contribution >= 0.6 is 0 Å². The fourth-order valence-corrected chi connectivity index (χ4v) is 5.23.